The summed E-state index contributed by atoms with van der Waals surface area (Å²) in [4.78, 5) is 0. The van der Waals surface area contributed by atoms with Gasteiger partial charge in [-0.15, -0.1) is 0 Å². The van der Waals surface area contributed by atoms with Crippen LogP contribution in [0.5, 0.6) is 0 Å². The Morgan fingerprint density at radius 1 is 0.722 bits per heavy atom. The van der Waals surface area contributed by atoms with E-state index < -0.39 is 0 Å². The molecule has 0 atom stereocenters. The van der Waals surface area contributed by atoms with Crippen molar-refractivity contribution in [3.05, 3.63) is 0 Å². The van der Waals surface area contributed by atoms with Crippen molar-refractivity contribution in [2.75, 3.05) is 13.2 Å². The first-order chi connectivity index (χ1) is 8.86. The van der Waals surface area contributed by atoms with Gasteiger partial charge in [0, 0.05) is 25.3 Å². The van der Waals surface area contributed by atoms with Crippen molar-refractivity contribution < 1.29 is 4.74 Å². The van der Waals surface area contributed by atoms with Crippen molar-refractivity contribution in [2.24, 2.45) is 0 Å². The second-order valence-corrected chi connectivity index (χ2v) is 5.62. The minimum absolute atomic E-state index is 0.844. The summed E-state index contributed by atoms with van der Waals surface area (Å²) in [5, 5.41) is 3.86. The van der Waals surface area contributed by atoms with Gasteiger partial charge in [-0.25, -0.2) is 0 Å². The van der Waals surface area contributed by atoms with E-state index in [1.165, 1.54) is 64.2 Å². The SMILES string of the molecule is C1CCC(NC2CCCCC2)CC1.CCOCC. The van der Waals surface area contributed by atoms with Gasteiger partial charge in [-0.2, -0.15) is 0 Å². The molecule has 1 N–H and O–H groups in total. The van der Waals surface area contributed by atoms with Crippen LogP contribution in [-0.4, -0.2) is 25.3 Å². The maximum absolute atomic E-state index is 4.83. The summed E-state index contributed by atoms with van der Waals surface area (Å²) in [6.45, 7) is 5.67. The van der Waals surface area contributed by atoms with Gasteiger partial charge in [0.25, 0.3) is 0 Å². The predicted octanol–water partition coefficient (Wildman–Crippen LogP) is 4.28. The highest BCUT2D eigenvalue weighted by Gasteiger charge is 2.19. The first-order valence-electron chi connectivity index (χ1n) is 8.20. The lowest BCUT2D eigenvalue weighted by Crippen LogP contribution is -2.40. The van der Waals surface area contributed by atoms with Crippen LogP contribution in [0, 0.1) is 0 Å². The van der Waals surface area contributed by atoms with E-state index in [0.29, 0.717) is 0 Å². The fourth-order valence-corrected chi connectivity index (χ4v) is 3.08. The van der Waals surface area contributed by atoms with Crippen LogP contribution in [0.1, 0.15) is 78.1 Å². The molecule has 0 bridgehead atoms. The smallest absolute Gasteiger partial charge is 0.0437 e. The maximum Gasteiger partial charge on any atom is 0.0437 e. The molecule has 0 aromatic rings. The Labute approximate surface area is 114 Å². The van der Waals surface area contributed by atoms with Gasteiger partial charge < -0.3 is 10.1 Å². The van der Waals surface area contributed by atoms with E-state index in [4.69, 9.17) is 4.74 Å². The van der Waals surface area contributed by atoms with Crippen molar-refractivity contribution in [2.45, 2.75) is 90.1 Å². The van der Waals surface area contributed by atoms with Gasteiger partial charge in [-0.1, -0.05) is 38.5 Å². The number of nitrogens with one attached hydrogen (secondary N) is 1. The summed E-state index contributed by atoms with van der Waals surface area (Å²) in [6, 6.07) is 1.74. The van der Waals surface area contributed by atoms with E-state index >= 15 is 0 Å². The maximum atomic E-state index is 4.83. The third-order valence-corrected chi connectivity index (χ3v) is 4.09. The molecule has 0 spiro atoms. The van der Waals surface area contributed by atoms with Crippen LogP contribution in [0.15, 0.2) is 0 Å². The van der Waals surface area contributed by atoms with Gasteiger partial charge in [-0.05, 0) is 39.5 Å². The van der Waals surface area contributed by atoms with Gasteiger partial charge in [0.2, 0.25) is 0 Å². The van der Waals surface area contributed by atoms with Gasteiger partial charge in [0.1, 0.15) is 0 Å². The third kappa shape index (κ3) is 7.38. The molecule has 0 radical (unpaired) electrons. The largest absolute Gasteiger partial charge is 0.382 e. The summed E-state index contributed by atoms with van der Waals surface area (Å²) in [5.41, 5.74) is 0. The van der Waals surface area contributed by atoms with Gasteiger partial charge >= 0.3 is 0 Å². The number of rotatable bonds is 4. The molecular formula is C16H33NO. The van der Waals surface area contributed by atoms with Crippen LogP contribution in [0.2, 0.25) is 0 Å². The second kappa shape index (κ2) is 10.8. The second-order valence-electron chi connectivity index (χ2n) is 5.62. The Bertz CT molecular complexity index is 154. The normalized spacial score (nSPS) is 22.3. The standard InChI is InChI=1S/C12H23N.C4H10O/c1-3-7-11(8-4-1)13-12-9-5-2-6-10-12;1-3-5-4-2/h11-13H,1-10H2;3-4H2,1-2H3. The Morgan fingerprint density at radius 2 is 1.11 bits per heavy atom. The minimum Gasteiger partial charge on any atom is -0.382 e. The summed E-state index contributed by atoms with van der Waals surface area (Å²) in [6.07, 6.45) is 14.6. The summed E-state index contributed by atoms with van der Waals surface area (Å²) >= 11 is 0. The molecule has 108 valence electrons. The molecule has 2 aliphatic rings. The predicted molar refractivity (Wildman–Crippen MR) is 79.0 cm³/mol. The molecule has 2 saturated carbocycles. The highest BCUT2D eigenvalue weighted by Crippen LogP contribution is 2.22. The lowest BCUT2D eigenvalue weighted by atomic mass is 9.91. The molecule has 2 fully saturated rings. The topological polar surface area (TPSA) is 21.3 Å². The highest BCUT2D eigenvalue weighted by atomic mass is 16.5. The van der Waals surface area contributed by atoms with Gasteiger partial charge in [0.05, 0.1) is 0 Å². The lowest BCUT2D eigenvalue weighted by molar-refractivity contribution is 0.162. The fourth-order valence-electron chi connectivity index (χ4n) is 3.08. The Kier molecular flexibility index (Phi) is 9.59. The van der Waals surface area contributed by atoms with Gasteiger partial charge in [0.15, 0.2) is 0 Å². The van der Waals surface area contributed by atoms with E-state index in [1.807, 2.05) is 13.8 Å². The molecule has 2 heteroatoms. The fraction of sp³-hybridized carbons (Fsp3) is 1.00. The zero-order valence-electron chi connectivity index (χ0n) is 12.5. The first kappa shape index (κ1) is 16.0. The molecule has 0 heterocycles. The van der Waals surface area contributed by atoms with E-state index in [1.54, 1.807) is 0 Å². The van der Waals surface area contributed by atoms with E-state index in [9.17, 15) is 0 Å². The van der Waals surface area contributed by atoms with Crippen LogP contribution in [0.4, 0.5) is 0 Å². The van der Waals surface area contributed by atoms with Crippen molar-refractivity contribution in [1.82, 2.24) is 5.32 Å². The molecular weight excluding hydrogens is 222 g/mol. The molecule has 0 aromatic carbocycles. The van der Waals surface area contributed by atoms with Crippen LogP contribution in [0.25, 0.3) is 0 Å². The van der Waals surface area contributed by atoms with E-state index in [-0.39, 0.29) is 0 Å². The minimum atomic E-state index is 0.844. The molecule has 0 saturated heterocycles. The summed E-state index contributed by atoms with van der Waals surface area (Å²) in [5.74, 6) is 0. The molecule has 2 rings (SSSR count). The van der Waals surface area contributed by atoms with Crippen molar-refractivity contribution in [3.8, 4) is 0 Å². The number of hydrogen-bond acceptors (Lipinski definition) is 2. The number of hydrogen-bond donors (Lipinski definition) is 1. The molecule has 18 heavy (non-hydrogen) atoms. The molecule has 2 nitrogen and oxygen atoms in total. The number of ether oxygens (including phenoxy) is 1. The van der Waals surface area contributed by atoms with Crippen molar-refractivity contribution in [1.29, 1.82) is 0 Å². The van der Waals surface area contributed by atoms with E-state index in [2.05, 4.69) is 5.32 Å². The van der Waals surface area contributed by atoms with Crippen LogP contribution >= 0.6 is 0 Å². The summed E-state index contributed by atoms with van der Waals surface area (Å²) < 4.78 is 4.83. The highest BCUT2D eigenvalue weighted by molar-refractivity contribution is 4.79. The molecule has 2 aliphatic carbocycles. The zero-order chi connectivity index (χ0) is 13.1. The third-order valence-electron chi connectivity index (χ3n) is 4.09. The lowest BCUT2D eigenvalue weighted by Gasteiger charge is -2.30. The quantitative estimate of drug-likeness (QED) is 0.809. The monoisotopic (exact) mass is 255 g/mol. The van der Waals surface area contributed by atoms with Crippen LogP contribution < -0.4 is 5.32 Å². The Balaban J connectivity index is 0.000000280. The van der Waals surface area contributed by atoms with E-state index in [0.717, 1.165) is 25.3 Å². The van der Waals surface area contributed by atoms with Gasteiger partial charge in [-0.3, -0.25) is 0 Å². The van der Waals surface area contributed by atoms with Crippen molar-refractivity contribution >= 4 is 0 Å². The first-order valence-corrected chi connectivity index (χ1v) is 8.20. The summed E-state index contributed by atoms with van der Waals surface area (Å²) in [7, 11) is 0. The molecule has 0 amide bonds. The average Bonchev–Trinajstić information content (AvgIpc) is 2.43. The van der Waals surface area contributed by atoms with Crippen molar-refractivity contribution in [3.63, 3.8) is 0 Å². The average molecular weight is 255 g/mol. The Hall–Kier alpha value is -0.0800. The molecule has 0 aliphatic heterocycles. The zero-order valence-corrected chi connectivity index (χ0v) is 12.5. The molecule has 0 aromatic heterocycles. The van der Waals surface area contributed by atoms with Crippen LogP contribution in [-0.2, 0) is 4.74 Å². The molecule has 0 unspecified atom stereocenters. The Morgan fingerprint density at radius 3 is 1.39 bits per heavy atom. The van der Waals surface area contributed by atoms with Crippen LogP contribution in [0.3, 0.4) is 0 Å².